The maximum Gasteiger partial charge on any atom is 0.272 e. The van der Waals surface area contributed by atoms with Gasteiger partial charge in [-0.25, -0.2) is 5.10 Å². The fourth-order valence-corrected chi connectivity index (χ4v) is 3.39. The highest BCUT2D eigenvalue weighted by Gasteiger charge is 2.22. The van der Waals surface area contributed by atoms with Crippen LogP contribution in [0.15, 0.2) is 53.3 Å². The molecule has 1 aliphatic rings. The molecule has 0 bridgehead atoms. The molecule has 1 fully saturated rings. The summed E-state index contributed by atoms with van der Waals surface area (Å²) in [5.74, 6) is -0.796. The van der Waals surface area contributed by atoms with E-state index >= 15 is 0 Å². The lowest BCUT2D eigenvalue weighted by Gasteiger charge is -2.26. The number of carbonyl (C=O) groups is 3. The van der Waals surface area contributed by atoms with Crippen molar-refractivity contribution in [1.29, 1.82) is 0 Å². The Kier molecular flexibility index (Phi) is 5.25. The Labute approximate surface area is 171 Å². The van der Waals surface area contributed by atoms with E-state index in [0.717, 1.165) is 0 Å². The Morgan fingerprint density at radius 3 is 2.67 bits per heavy atom. The van der Waals surface area contributed by atoms with Crippen LogP contribution < -0.4 is 16.2 Å². The second kappa shape index (κ2) is 8.16. The molecule has 9 nitrogen and oxygen atoms in total. The highest BCUT2D eigenvalue weighted by atomic mass is 16.2. The first-order valence-corrected chi connectivity index (χ1v) is 9.43. The monoisotopic (exact) mass is 405 g/mol. The molecule has 1 aliphatic heterocycles. The number of aromatic amines is 1. The molecule has 3 aromatic rings. The van der Waals surface area contributed by atoms with Gasteiger partial charge in [0, 0.05) is 29.7 Å². The van der Waals surface area contributed by atoms with Gasteiger partial charge in [-0.2, -0.15) is 5.10 Å². The van der Waals surface area contributed by atoms with Gasteiger partial charge in [0.2, 0.25) is 11.8 Å². The highest BCUT2D eigenvalue weighted by molar-refractivity contribution is 6.00. The maximum atomic E-state index is 12.6. The minimum atomic E-state index is -0.332. The van der Waals surface area contributed by atoms with E-state index in [4.69, 9.17) is 0 Å². The Hall–Kier alpha value is -4.01. The molecule has 0 radical (unpaired) electrons. The van der Waals surface area contributed by atoms with E-state index in [1.807, 2.05) is 0 Å². The average Bonchev–Trinajstić information content (AvgIpc) is 2.75. The van der Waals surface area contributed by atoms with Crippen molar-refractivity contribution in [2.45, 2.75) is 6.42 Å². The number of nitrogens with zero attached hydrogens (tertiary/aromatic N) is 2. The van der Waals surface area contributed by atoms with Crippen molar-refractivity contribution in [3.8, 4) is 0 Å². The van der Waals surface area contributed by atoms with Crippen molar-refractivity contribution in [3.05, 3.63) is 70.1 Å². The van der Waals surface area contributed by atoms with E-state index in [1.165, 1.54) is 4.90 Å². The molecule has 0 spiro atoms. The molecule has 3 N–H and O–H groups in total. The number of aromatic nitrogens is 2. The Bertz CT molecular complexity index is 1200. The Morgan fingerprint density at radius 2 is 1.87 bits per heavy atom. The number of fused-ring (bicyclic) bond motifs is 1. The van der Waals surface area contributed by atoms with Crippen molar-refractivity contribution in [3.63, 3.8) is 0 Å². The molecule has 2 heterocycles. The predicted molar refractivity (Wildman–Crippen MR) is 110 cm³/mol. The fraction of sp³-hybridized carbons (Fsp3) is 0.190. The standard InChI is InChI=1S/C21H19N5O4/c27-18(11-17-15-6-1-2-7-16(15)20(29)25-24-17)23-14-5-3-4-13(10-14)21(30)26-9-8-22-19(28)12-26/h1-7,10H,8-9,11-12H2,(H,22,28)(H,23,27)(H,25,29). The van der Waals surface area contributed by atoms with E-state index in [1.54, 1.807) is 48.5 Å². The van der Waals surface area contributed by atoms with Gasteiger partial charge in [0.15, 0.2) is 0 Å². The molecule has 2 aromatic carbocycles. The number of anilines is 1. The van der Waals surface area contributed by atoms with Crippen LogP contribution in [-0.4, -0.2) is 52.5 Å². The van der Waals surface area contributed by atoms with Gasteiger partial charge in [-0.1, -0.05) is 24.3 Å². The zero-order valence-electron chi connectivity index (χ0n) is 16.0. The molecular weight excluding hydrogens is 386 g/mol. The van der Waals surface area contributed by atoms with Crippen LogP contribution in [0.3, 0.4) is 0 Å². The van der Waals surface area contributed by atoms with Crippen LogP contribution >= 0.6 is 0 Å². The van der Waals surface area contributed by atoms with Crippen LogP contribution in [0, 0.1) is 0 Å². The van der Waals surface area contributed by atoms with E-state index in [0.29, 0.717) is 40.8 Å². The number of hydrogen-bond acceptors (Lipinski definition) is 5. The SMILES string of the molecule is O=C1CN(C(=O)c2cccc(NC(=O)Cc3n[nH]c(=O)c4ccccc34)c2)CCN1. The molecular formula is C21H19N5O4. The van der Waals surface area contributed by atoms with Gasteiger partial charge in [-0.15, -0.1) is 0 Å². The zero-order chi connectivity index (χ0) is 21.1. The second-order valence-electron chi connectivity index (χ2n) is 6.93. The number of benzene rings is 2. The third-order valence-corrected chi connectivity index (χ3v) is 4.82. The summed E-state index contributed by atoms with van der Waals surface area (Å²) in [5, 5.41) is 12.9. The zero-order valence-corrected chi connectivity index (χ0v) is 16.0. The normalized spacial score (nSPS) is 13.7. The van der Waals surface area contributed by atoms with Crippen molar-refractivity contribution in [2.75, 3.05) is 25.0 Å². The van der Waals surface area contributed by atoms with Gasteiger partial charge in [0.25, 0.3) is 11.5 Å². The lowest BCUT2D eigenvalue weighted by Crippen LogP contribution is -2.49. The smallest absolute Gasteiger partial charge is 0.272 e. The molecule has 0 saturated carbocycles. The van der Waals surface area contributed by atoms with Gasteiger partial charge in [-0.3, -0.25) is 19.2 Å². The van der Waals surface area contributed by atoms with Crippen molar-refractivity contribution in [2.24, 2.45) is 0 Å². The summed E-state index contributed by atoms with van der Waals surface area (Å²) in [6.45, 7) is 0.869. The van der Waals surface area contributed by atoms with Crippen molar-refractivity contribution in [1.82, 2.24) is 20.4 Å². The summed E-state index contributed by atoms with van der Waals surface area (Å²) in [7, 11) is 0. The van der Waals surface area contributed by atoms with Crippen molar-refractivity contribution >= 4 is 34.2 Å². The third-order valence-electron chi connectivity index (χ3n) is 4.82. The first-order chi connectivity index (χ1) is 14.5. The molecule has 1 aromatic heterocycles. The number of piperazine rings is 1. The minimum Gasteiger partial charge on any atom is -0.353 e. The van der Waals surface area contributed by atoms with E-state index < -0.39 is 0 Å². The van der Waals surface area contributed by atoms with E-state index in [2.05, 4.69) is 20.8 Å². The number of hydrogen-bond donors (Lipinski definition) is 3. The van der Waals surface area contributed by atoms with Gasteiger partial charge in [0.05, 0.1) is 24.0 Å². The number of amides is 3. The summed E-state index contributed by atoms with van der Waals surface area (Å²) in [5.41, 5.74) is 0.984. The molecule has 30 heavy (non-hydrogen) atoms. The first kappa shape index (κ1) is 19.3. The second-order valence-corrected chi connectivity index (χ2v) is 6.93. The maximum absolute atomic E-state index is 12.6. The van der Waals surface area contributed by atoms with Gasteiger partial charge >= 0.3 is 0 Å². The van der Waals surface area contributed by atoms with E-state index in [-0.39, 0.29) is 36.2 Å². The summed E-state index contributed by atoms with van der Waals surface area (Å²) in [6.07, 6.45) is -0.0399. The number of carbonyl (C=O) groups excluding carboxylic acids is 3. The third kappa shape index (κ3) is 4.04. The quantitative estimate of drug-likeness (QED) is 0.589. The predicted octanol–water partition coefficient (Wildman–Crippen LogP) is 0.676. The molecule has 9 heteroatoms. The molecule has 4 rings (SSSR count). The lowest BCUT2D eigenvalue weighted by molar-refractivity contribution is -0.123. The van der Waals surface area contributed by atoms with E-state index in [9.17, 15) is 19.2 Å². The Balaban J connectivity index is 1.49. The number of nitrogens with one attached hydrogen (secondary N) is 3. The lowest BCUT2D eigenvalue weighted by atomic mass is 10.1. The Morgan fingerprint density at radius 1 is 1.07 bits per heavy atom. The first-order valence-electron chi connectivity index (χ1n) is 9.43. The molecule has 0 unspecified atom stereocenters. The van der Waals surface area contributed by atoms with Crippen LogP contribution in [0.4, 0.5) is 5.69 Å². The largest absolute Gasteiger partial charge is 0.353 e. The van der Waals surface area contributed by atoms with Crippen LogP contribution in [0.2, 0.25) is 0 Å². The topological polar surface area (TPSA) is 124 Å². The van der Waals surface area contributed by atoms with Crippen LogP contribution in [0.5, 0.6) is 0 Å². The molecule has 152 valence electrons. The van der Waals surface area contributed by atoms with Crippen LogP contribution in [-0.2, 0) is 16.0 Å². The minimum absolute atomic E-state index is 0.0143. The number of H-pyrrole nitrogens is 1. The highest BCUT2D eigenvalue weighted by Crippen LogP contribution is 2.16. The summed E-state index contributed by atoms with van der Waals surface area (Å²) in [4.78, 5) is 50.1. The fourth-order valence-electron chi connectivity index (χ4n) is 3.39. The number of rotatable bonds is 4. The van der Waals surface area contributed by atoms with Gasteiger partial charge in [-0.05, 0) is 24.3 Å². The van der Waals surface area contributed by atoms with Gasteiger partial charge < -0.3 is 15.5 Å². The van der Waals surface area contributed by atoms with Gasteiger partial charge in [0.1, 0.15) is 0 Å². The van der Waals surface area contributed by atoms with Crippen LogP contribution in [0.25, 0.3) is 10.8 Å². The summed E-state index contributed by atoms with van der Waals surface area (Å²) in [6, 6.07) is 13.5. The summed E-state index contributed by atoms with van der Waals surface area (Å²) < 4.78 is 0. The molecule has 0 aliphatic carbocycles. The molecule has 3 amide bonds. The van der Waals surface area contributed by atoms with Crippen LogP contribution in [0.1, 0.15) is 16.1 Å². The summed E-state index contributed by atoms with van der Waals surface area (Å²) >= 11 is 0. The average molecular weight is 405 g/mol. The van der Waals surface area contributed by atoms with Crippen molar-refractivity contribution < 1.29 is 14.4 Å². The molecule has 1 saturated heterocycles. The molecule has 0 atom stereocenters.